The average Bonchev–Trinajstić information content (AvgIpc) is 2.87. The number of nitrogens with one attached hydrogen (secondary N) is 1. The van der Waals surface area contributed by atoms with Crippen LogP contribution in [0.25, 0.3) is 0 Å². The fraction of sp³-hybridized carbons (Fsp3) is 0.231. The van der Waals surface area contributed by atoms with Gasteiger partial charge in [0.05, 0.1) is 15.6 Å². The number of amides is 2. The van der Waals surface area contributed by atoms with E-state index in [4.69, 9.17) is 23.2 Å². The predicted molar refractivity (Wildman–Crippen MR) is 143 cm³/mol. The molecular formula is C26H27Cl2N3O4S. The molecule has 3 rings (SSSR count). The van der Waals surface area contributed by atoms with Gasteiger partial charge in [0.25, 0.3) is 10.0 Å². The fourth-order valence-corrected chi connectivity index (χ4v) is 5.62. The third-order valence-electron chi connectivity index (χ3n) is 5.50. The lowest BCUT2D eigenvalue weighted by Gasteiger charge is -2.32. The van der Waals surface area contributed by atoms with Gasteiger partial charge < -0.3 is 10.2 Å². The van der Waals surface area contributed by atoms with Crippen LogP contribution in [0.5, 0.6) is 0 Å². The largest absolute Gasteiger partial charge is 0.355 e. The highest BCUT2D eigenvalue weighted by molar-refractivity contribution is 7.92. The Kier molecular flexibility index (Phi) is 9.37. The second-order valence-electron chi connectivity index (χ2n) is 8.00. The number of nitrogens with zero attached hydrogens (tertiary/aromatic N) is 2. The van der Waals surface area contributed by atoms with Crippen LogP contribution in [0.15, 0.2) is 83.8 Å². The van der Waals surface area contributed by atoms with E-state index in [0.29, 0.717) is 11.6 Å². The Bertz CT molecular complexity index is 1310. The molecule has 0 saturated heterocycles. The molecule has 0 heterocycles. The molecule has 0 radical (unpaired) electrons. The van der Waals surface area contributed by atoms with Gasteiger partial charge in [0.1, 0.15) is 12.6 Å². The van der Waals surface area contributed by atoms with E-state index < -0.39 is 28.5 Å². The average molecular weight is 548 g/mol. The summed E-state index contributed by atoms with van der Waals surface area (Å²) in [6.07, 6.45) is 0. The highest BCUT2D eigenvalue weighted by Gasteiger charge is 2.33. The fourth-order valence-electron chi connectivity index (χ4n) is 3.60. The van der Waals surface area contributed by atoms with Gasteiger partial charge >= 0.3 is 0 Å². The quantitative estimate of drug-likeness (QED) is 0.397. The Morgan fingerprint density at radius 3 is 2.14 bits per heavy atom. The smallest absolute Gasteiger partial charge is 0.264 e. The lowest BCUT2D eigenvalue weighted by molar-refractivity contribution is -0.139. The first-order valence-corrected chi connectivity index (χ1v) is 13.5. The van der Waals surface area contributed by atoms with Gasteiger partial charge in [0, 0.05) is 18.1 Å². The molecule has 2 amide bonds. The SMILES string of the molecule is CCNC(=O)[C@@H](C)N(Cc1ccccc1)C(=O)CN(c1ccc(Cl)cc1Cl)S(=O)(=O)c1ccccc1. The first-order valence-electron chi connectivity index (χ1n) is 11.3. The molecule has 0 unspecified atom stereocenters. The number of carbonyl (C=O) groups excluding carboxylic acids is 2. The van der Waals surface area contributed by atoms with Crippen LogP contribution in [0.3, 0.4) is 0 Å². The van der Waals surface area contributed by atoms with Crippen LogP contribution in [-0.2, 0) is 26.2 Å². The molecule has 7 nitrogen and oxygen atoms in total. The lowest BCUT2D eigenvalue weighted by Crippen LogP contribution is -2.51. The number of benzene rings is 3. The number of hydrogen-bond donors (Lipinski definition) is 1. The van der Waals surface area contributed by atoms with Crippen molar-refractivity contribution in [2.24, 2.45) is 0 Å². The zero-order valence-corrected chi connectivity index (χ0v) is 22.2. The molecule has 1 atom stereocenters. The van der Waals surface area contributed by atoms with Crippen LogP contribution in [0.2, 0.25) is 10.0 Å². The standard InChI is InChI=1S/C26H27Cl2N3O4S/c1-3-29-26(33)19(2)30(17-20-10-6-4-7-11-20)25(32)18-31(24-15-14-21(27)16-23(24)28)36(34,35)22-12-8-5-9-13-22/h4-16,19H,3,17-18H2,1-2H3,(H,29,33)/t19-/m1/s1. The summed E-state index contributed by atoms with van der Waals surface area (Å²) in [5, 5.41) is 3.11. The number of carbonyl (C=O) groups is 2. The molecular weight excluding hydrogens is 521 g/mol. The minimum absolute atomic E-state index is 0.00444. The van der Waals surface area contributed by atoms with E-state index in [1.54, 1.807) is 32.0 Å². The van der Waals surface area contributed by atoms with Crippen LogP contribution in [-0.4, -0.2) is 44.3 Å². The van der Waals surface area contributed by atoms with Gasteiger partial charge in [0.2, 0.25) is 11.8 Å². The zero-order chi connectivity index (χ0) is 26.3. The first kappa shape index (κ1) is 27.5. The van der Waals surface area contributed by atoms with E-state index in [2.05, 4.69) is 5.32 Å². The molecule has 0 aliphatic rings. The van der Waals surface area contributed by atoms with Gasteiger partial charge in [-0.1, -0.05) is 71.7 Å². The zero-order valence-electron chi connectivity index (χ0n) is 19.9. The molecule has 190 valence electrons. The third kappa shape index (κ3) is 6.57. The van der Waals surface area contributed by atoms with Crippen molar-refractivity contribution in [3.8, 4) is 0 Å². The van der Waals surface area contributed by atoms with Crippen molar-refractivity contribution in [1.29, 1.82) is 0 Å². The van der Waals surface area contributed by atoms with Crippen molar-refractivity contribution in [3.05, 3.63) is 94.5 Å². The third-order valence-corrected chi connectivity index (χ3v) is 7.81. The molecule has 0 fully saturated rings. The lowest BCUT2D eigenvalue weighted by atomic mass is 10.1. The summed E-state index contributed by atoms with van der Waals surface area (Å²) in [4.78, 5) is 27.7. The molecule has 0 saturated carbocycles. The van der Waals surface area contributed by atoms with E-state index in [1.165, 1.54) is 35.2 Å². The summed E-state index contributed by atoms with van der Waals surface area (Å²) in [6.45, 7) is 3.33. The van der Waals surface area contributed by atoms with Crippen LogP contribution in [0.4, 0.5) is 5.69 Å². The number of hydrogen-bond acceptors (Lipinski definition) is 4. The van der Waals surface area contributed by atoms with Gasteiger partial charge in [0.15, 0.2) is 0 Å². The minimum Gasteiger partial charge on any atom is -0.355 e. The second-order valence-corrected chi connectivity index (χ2v) is 10.7. The Labute approximate surface area is 221 Å². The van der Waals surface area contributed by atoms with E-state index in [9.17, 15) is 18.0 Å². The molecule has 36 heavy (non-hydrogen) atoms. The van der Waals surface area contributed by atoms with Crippen LogP contribution < -0.4 is 9.62 Å². The van der Waals surface area contributed by atoms with Crippen molar-refractivity contribution in [2.45, 2.75) is 31.3 Å². The van der Waals surface area contributed by atoms with Crippen LogP contribution in [0, 0.1) is 0 Å². The van der Waals surface area contributed by atoms with Crippen molar-refractivity contribution >= 4 is 50.7 Å². The predicted octanol–water partition coefficient (Wildman–Crippen LogP) is 4.74. The summed E-state index contributed by atoms with van der Waals surface area (Å²) < 4.78 is 28.3. The number of rotatable bonds is 10. The normalized spacial score (nSPS) is 12.0. The van der Waals surface area contributed by atoms with Gasteiger partial charge in [-0.3, -0.25) is 13.9 Å². The molecule has 3 aromatic rings. The summed E-state index contributed by atoms with van der Waals surface area (Å²) in [5.74, 6) is -0.910. The molecule has 0 bridgehead atoms. The monoisotopic (exact) mass is 547 g/mol. The molecule has 0 aliphatic carbocycles. The summed E-state index contributed by atoms with van der Waals surface area (Å²) in [7, 11) is -4.19. The maximum atomic E-state index is 13.7. The second kappa shape index (κ2) is 12.3. The number of halogens is 2. The van der Waals surface area contributed by atoms with Crippen molar-refractivity contribution in [2.75, 3.05) is 17.4 Å². The van der Waals surface area contributed by atoms with E-state index in [1.807, 2.05) is 30.3 Å². The Balaban J connectivity index is 2.04. The van der Waals surface area contributed by atoms with Crippen LogP contribution >= 0.6 is 23.2 Å². The van der Waals surface area contributed by atoms with Crippen molar-refractivity contribution < 1.29 is 18.0 Å². The van der Waals surface area contributed by atoms with Gasteiger partial charge in [-0.25, -0.2) is 8.42 Å². The van der Waals surface area contributed by atoms with E-state index >= 15 is 0 Å². The molecule has 1 N–H and O–H groups in total. The minimum atomic E-state index is -4.19. The Morgan fingerprint density at radius 1 is 0.944 bits per heavy atom. The maximum absolute atomic E-state index is 13.7. The molecule has 10 heteroatoms. The Morgan fingerprint density at radius 2 is 1.56 bits per heavy atom. The maximum Gasteiger partial charge on any atom is 0.264 e. The number of anilines is 1. The Hall–Kier alpha value is -3.07. The van der Waals surface area contributed by atoms with Crippen LogP contribution in [0.1, 0.15) is 19.4 Å². The summed E-state index contributed by atoms with van der Waals surface area (Å²) in [6, 6.07) is 20.4. The summed E-state index contributed by atoms with van der Waals surface area (Å²) >= 11 is 12.4. The van der Waals surface area contributed by atoms with Gasteiger partial charge in [-0.15, -0.1) is 0 Å². The molecule has 0 aliphatic heterocycles. The van der Waals surface area contributed by atoms with Crippen molar-refractivity contribution in [1.82, 2.24) is 10.2 Å². The first-order chi connectivity index (χ1) is 17.1. The molecule has 0 aromatic heterocycles. The highest BCUT2D eigenvalue weighted by Crippen LogP contribution is 2.33. The number of sulfonamides is 1. The van der Waals surface area contributed by atoms with Crippen molar-refractivity contribution in [3.63, 3.8) is 0 Å². The van der Waals surface area contributed by atoms with E-state index in [0.717, 1.165) is 9.87 Å². The molecule has 0 spiro atoms. The van der Waals surface area contributed by atoms with E-state index in [-0.39, 0.29) is 28.1 Å². The van der Waals surface area contributed by atoms with Gasteiger partial charge in [-0.2, -0.15) is 0 Å². The number of likely N-dealkylation sites (N-methyl/N-ethyl adjacent to an activating group) is 1. The summed E-state index contributed by atoms with van der Waals surface area (Å²) in [5.41, 5.74) is 0.896. The molecule has 3 aromatic carbocycles. The highest BCUT2D eigenvalue weighted by atomic mass is 35.5. The van der Waals surface area contributed by atoms with Gasteiger partial charge in [-0.05, 0) is 49.7 Å². The topological polar surface area (TPSA) is 86.8 Å².